The van der Waals surface area contributed by atoms with Crippen LogP contribution in [0.5, 0.6) is 0 Å². The van der Waals surface area contributed by atoms with Crippen molar-refractivity contribution in [2.45, 2.75) is 26.8 Å². The lowest BCUT2D eigenvalue weighted by Gasteiger charge is -2.17. The molecule has 1 aromatic heterocycles. The van der Waals surface area contributed by atoms with E-state index in [1.807, 2.05) is 31.1 Å². The van der Waals surface area contributed by atoms with Gasteiger partial charge in [0.15, 0.2) is 6.29 Å². The summed E-state index contributed by atoms with van der Waals surface area (Å²) in [5.74, 6) is 1.05. The van der Waals surface area contributed by atoms with Crippen LogP contribution < -0.4 is 10.2 Å². The number of carbonyl (C=O) groups is 1. The predicted octanol–water partition coefficient (Wildman–Crippen LogP) is 5.28. The first-order valence-electron chi connectivity index (χ1n) is 11.3. The predicted molar refractivity (Wildman–Crippen MR) is 141 cm³/mol. The molecule has 0 amide bonds. The first kappa shape index (κ1) is 26.5. The summed E-state index contributed by atoms with van der Waals surface area (Å²) in [7, 11) is 5.86. The van der Waals surface area contributed by atoms with Crippen molar-refractivity contribution in [1.29, 1.82) is 0 Å². The Morgan fingerprint density at radius 3 is 2.47 bits per heavy atom. The molecule has 180 valence electrons. The molecule has 0 aliphatic rings. The number of aliphatic hydroxyl groups excluding tert-OH is 1. The molecule has 0 saturated carbocycles. The van der Waals surface area contributed by atoms with Crippen molar-refractivity contribution in [3.05, 3.63) is 83.3 Å². The molecule has 34 heavy (non-hydrogen) atoms. The number of carbonyl (C=O) groups excluding carboxylic acids is 1. The van der Waals surface area contributed by atoms with Gasteiger partial charge in [-0.25, -0.2) is 4.98 Å². The number of rotatable bonds is 12. The summed E-state index contributed by atoms with van der Waals surface area (Å²) in [6.07, 6.45) is 9.73. The molecule has 2 aromatic rings. The molecule has 2 rings (SSSR count). The van der Waals surface area contributed by atoms with Crippen LogP contribution in [0.4, 0.5) is 17.5 Å². The Kier molecular flexibility index (Phi) is 10.2. The first-order valence-corrected chi connectivity index (χ1v) is 11.3. The molecule has 0 aliphatic carbocycles. The van der Waals surface area contributed by atoms with Crippen LogP contribution in [0.3, 0.4) is 0 Å². The Hall–Kier alpha value is -3.71. The third kappa shape index (κ3) is 7.42. The molecule has 7 nitrogen and oxygen atoms in total. The Bertz CT molecular complexity index is 1070. The molecule has 7 heteroatoms. The van der Waals surface area contributed by atoms with Crippen LogP contribution in [-0.4, -0.2) is 53.9 Å². The highest BCUT2D eigenvalue weighted by Crippen LogP contribution is 2.25. The van der Waals surface area contributed by atoms with Gasteiger partial charge in [0.05, 0.1) is 0 Å². The summed E-state index contributed by atoms with van der Waals surface area (Å²) < 4.78 is 0. The second-order valence-electron chi connectivity index (χ2n) is 8.13. The minimum atomic E-state index is -0.0363. The number of hydrogen-bond donors (Lipinski definition) is 2. The smallest absolute Gasteiger partial charge is 0.229 e. The summed E-state index contributed by atoms with van der Waals surface area (Å²) in [6, 6.07) is 8.21. The quantitative estimate of drug-likeness (QED) is 0.192. The fourth-order valence-corrected chi connectivity index (χ4v) is 3.50. The zero-order chi connectivity index (χ0) is 25.1. The van der Waals surface area contributed by atoms with Crippen molar-refractivity contribution in [3.8, 4) is 0 Å². The molecule has 1 aromatic carbocycles. The number of aromatic nitrogens is 2. The maximum Gasteiger partial charge on any atom is 0.229 e. The van der Waals surface area contributed by atoms with Gasteiger partial charge < -0.3 is 20.2 Å². The lowest BCUT2D eigenvalue weighted by atomic mass is 10.0. The normalized spacial score (nSPS) is 12.6. The number of aliphatic hydroxyl groups is 1. The molecule has 0 aliphatic heterocycles. The number of nitrogens with zero attached hydrogens (tertiary/aromatic N) is 4. The highest BCUT2D eigenvalue weighted by molar-refractivity contribution is 5.90. The van der Waals surface area contributed by atoms with Gasteiger partial charge in [-0.15, -0.1) is 0 Å². The van der Waals surface area contributed by atoms with Crippen molar-refractivity contribution in [3.63, 3.8) is 0 Å². The molecule has 0 spiro atoms. The second-order valence-corrected chi connectivity index (χ2v) is 8.13. The van der Waals surface area contributed by atoms with Gasteiger partial charge in [0.25, 0.3) is 0 Å². The highest BCUT2D eigenvalue weighted by Gasteiger charge is 2.13. The van der Waals surface area contributed by atoms with Crippen LogP contribution in [0, 0.1) is 0 Å². The van der Waals surface area contributed by atoms with Crippen LogP contribution in [0.25, 0.3) is 6.08 Å². The van der Waals surface area contributed by atoms with Gasteiger partial charge in [0, 0.05) is 49.2 Å². The summed E-state index contributed by atoms with van der Waals surface area (Å²) in [5, 5.41) is 13.5. The summed E-state index contributed by atoms with van der Waals surface area (Å²) in [6.45, 7) is 9.48. The van der Waals surface area contributed by atoms with Crippen LogP contribution in [0.2, 0.25) is 0 Å². The molecule has 2 N–H and O–H groups in total. The second kappa shape index (κ2) is 13.1. The van der Waals surface area contributed by atoms with Crippen LogP contribution >= 0.6 is 0 Å². The summed E-state index contributed by atoms with van der Waals surface area (Å²) in [5.41, 5.74) is 3.50. The van der Waals surface area contributed by atoms with E-state index >= 15 is 0 Å². The molecule has 0 radical (unpaired) electrons. The van der Waals surface area contributed by atoms with E-state index < -0.39 is 0 Å². The van der Waals surface area contributed by atoms with Gasteiger partial charge in [0.1, 0.15) is 11.6 Å². The van der Waals surface area contributed by atoms with Crippen molar-refractivity contribution < 1.29 is 9.90 Å². The number of nitrogens with one attached hydrogen (secondary N) is 1. The molecular weight excluding hydrogens is 426 g/mol. The lowest BCUT2D eigenvalue weighted by molar-refractivity contribution is -0.104. The SMILES string of the molecule is C=C\C=C(O)/C(=C\C)C(/C=O)=C/c1cnc(Nc2ccc(CN(C)CCC)cc2)nc1N(C)C. The van der Waals surface area contributed by atoms with E-state index in [9.17, 15) is 9.90 Å². The van der Waals surface area contributed by atoms with Crippen molar-refractivity contribution >= 4 is 29.8 Å². The zero-order valence-electron chi connectivity index (χ0n) is 20.7. The molecule has 0 bridgehead atoms. The molecule has 1 heterocycles. The van der Waals surface area contributed by atoms with E-state index in [2.05, 4.69) is 52.9 Å². The molecular formula is C27H35N5O2. The number of aldehydes is 1. The summed E-state index contributed by atoms with van der Waals surface area (Å²) >= 11 is 0. The van der Waals surface area contributed by atoms with Crippen molar-refractivity contribution in [2.24, 2.45) is 0 Å². The van der Waals surface area contributed by atoms with Gasteiger partial charge in [-0.2, -0.15) is 4.98 Å². The minimum Gasteiger partial charge on any atom is -0.507 e. The maximum absolute atomic E-state index is 11.8. The topological polar surface area (TPSA) is 81.6 Å². The van der Waals surface area contributed by atoms with Gasteiger partial charge in [-0.05, 0) is 56.8 Å². The van der Waals surface area contributed by atoms with Crippen molar-refractivity contribution in [1.82, 2.24) is 14.9 Å². The van der Waals surface area contributed by atoms with Crippen LogP contribution in [-0.2, 0) is 11.3 Å². The van der Waals surface area contributed by atoms with Gasteiger partial charge in [-0.1, -0.05) is 37.8 Å². The van der Waals surface area contributed by atoms with Crippen LogP contribution in [0.15, 0.2) is 72.2 Å². The van der Waals surface area contributed by atoms with E-state index in [-0.39, 0.29) is 5.76 Å². The minimum absolute atomic E-state index is 0.0363. The Balaban J connectivity index is 2.30. The number of hydrogen-bond acceptors (Lipinski definition) is 7. The number of allylic oxidation sites excluding steroid dienone is 4. The van der Waals surface area contributed by atoms with E-state index in [0.717, 1.165) is 25.2 Å². The number of benzene rings is 1. The Morgan fingerprint density at radius 2 is 1.91 bits per heavy atom. The maximum atomic E-state index is 11.8. The van der Waals surface area contributed by atoms with E-state index in [0.29, 0.717) is 34.8 Å². The molecule has 0 atom stereocenters. The third-order valence-electron chi connectivity index (χ3n) is 5.08. The largest absolute Gasteiger partial charge is 0.507 e. The lowest BCUT2D eigenvalue weighted by Crippen LogP contribution is -2.18. The Labute approximate surface area is 202 Å². The van der Waals surface area contributed by atoms with Crippen LogP contribution in [0.1, 0.15) is 31.4 Å². The third-order valence-corrected chi connectivity index (χ3v) is 5.08. The number of anilines is 3. The monoisotopic (exact) mass is 461 g/mol. The van der Waals surface area contributed by atoms with E-state index in [1.54, 1.807) is 25.3 Å². The van der Waals surface area contributed by atoms with Gasteiger partial charge in [-0.3, -0.25) is 4.79 Å². The Morgan fingerprint density at radius 1 is 1.21 bits per heavy atom. The fourth-order valence-electron chi connectivity index (χ4n) is 3.50. The van der Waals surface area contributed by atoms with E-state index in [4.69, 9.17) is 0 Å². The standard InChI is InChI=1S/C27H35N5O2/c1-7-10-25(34)24(9-3)22(19-33)16-21-17-28-27(30-26(21)31(4)5)29-23-13-11-20(12-14-23)18-32(6)15-8-2/h7,9-14,16-17,19,34H,1,8,15,18H2,2-6H3,(H,28,29,30)/b22-16+,24-9-,25-10+. The highest BCUT2D eigenvalue weighted by atomic mass is 16.3. The van der Waals surface area contributed by atoms with Crippen molar-refractivity contribution in [2.75, 3.05) is 37.9 Å². The average molecular weight is 462 g/mol. The summed E-state index contributed by atoms with van der Waals surface area (Å²) in [4.78, 5) is 25.0. The fraction of sp³-hybridized carbons (Fsp3) is 0.296. The van der Waals surface area contributed by atoms with Gasteiger partial charge in [0.2, 0.25) is 5.95 Å². The van der Waals surface area contributed by atoms with Gasteiger partial charge >= 0.3 is 0 Å². The average Bonchev–Trinajstić information content (AvgIpc) is 2.81. The molecule has 0 unspecified atom stereocenters. The van der Waals surface area contributed by atoms with E-state index in [1.165, 1.54) is 17.7 Å². The molecule has 0 fully saturated rings. The molecule has 0 saturated heterocycles. The zero-order valence-corrected chi connectivity index (χ0v) is 20.7. The first-order chi connectivity index (χ1) is 16.3.